The molecule has 150 valence electrons. The number of amides is 1. The quantitative estimate of drug-likeness (QED) is 0.568. The molecular weight excluding hydrogens is 362 g/mol. The minimum absolute atomic E-state index is 0.0926. The molecule has 2 heterocycles. The molecule has 1 amide bonds. The number of fused-ring (bicyclic) bond motifs is 1. The van der Waals surface area contributed by atoms with Gasteiger partial charge in [0.2, 0.25) is 5.91 Å². The van der Waals surface area contributed by atoms with E-state index in [0.29, 0.717) is 32.7 Å². The molecule has 0 saturated carbocycles. The van der Waals surface area contributed by atoms with Crippen LogP contribution in [0.5, 0.6) is 5.75 Å². The van der Waals surface area contributed by atoms with Gasteiger partial charge in [-0.3, -0.25) is 4.79 Å². The van der Waals surface area contributed by atoms with E-state index >= 15 is 0 Å². The van der Waals surface area contributed by atoms with Crippen molar-refractivity contribution in [3.05, 3.63) is 72.1 Å². The zero-order chi connectivity index (χ0) is 20.4. The van der Waals surface area contributed by atoms with Gasteiger partial charge in [-0.15, -0.1) is 6.58 Å². The molecule has 1 atom stereocenters. The molecule has 1 aromatic heterocycles. The molecule has 5 heteroatoms. The largest absolute Gasteiger partial charge is 0.491 e. The Balaban J connectivity index is 1.59. The first-order valence-electron chi connectivity index (χ1n) is 10.1. The highest BCUT2D eigenvalue weighted by atomic mass is 16.5. The lowest BCUT2D eigenvalue weighted by Crippen LogP contribution is -2.25. The summed E-state index contributed by atoms with van der Waals surface area (Å²) in [5.41, 5.74) is 4.33. The van der Waals surface area contributed by atoms with Crippen LogP contribution in [-0.2, 0) is 11.3 Å². The standard InChI is InChI=1S/C24H27N3O2/c1-4-12-26-16-19(15-22(26)28)24-25-20-10-5-6-11-21(20)27(24)13-14-29-23-17(2)8-7-9-18(23)3/h4-11,19H,1,12-16H2,2-3H3/t19-/m0/s1. The number of nitrogens with zero attached hydrogens (tertiary/aromatic N) is 3. The van der Waals surface area contributed by atoms with Crippen LogP contribution in [0.1, 0.15) is 29.3 Å². The van der Waals surface area contributed by atoms with Crippen molar-refractivity contribution in [3.63, 3.8) is 0 Å². The van der Waals surface area contributed by atoms with Crippen LogP contribution in [0, 0.1) is 13.8 Å². The molecule has 0 unspecified atom stereocenters. The van der Waals surface area contributed by atoms with Gasteiger partial charge in [-0.2, -0.15) is 0 Å². The summed E-state index contributed by atoms with van der Waals surface area (Å²) in [6.45, 7) is 10.4. The fraction of sp³-hybridized carbons (Fsp3) is 0.333. The SMILES string of the molecule is C=CCN1C[C@@H](c2nc3ccccc3n2CCOc2c(C)cccc2C)CC1=O. The Hall–Kier alpha value is -3.08. The molecule has 1 fully saturated rings. The highest BCUT2D eigenvalue weighted by molar-refractivity contribution is 5.81. The van der Waals surface area contributed by atoms with E-state index in [2.05, 4.69) is 43.2 Å². The summed E-state index contributed by atoms with van der Waals surface area (Å²) < 4.78 is 8.37. The van der Waals surface area contributed by atoms with Crippen LogP contribution in [0.4, 0.5) is 0 Å². The Kier molecular flexibility index (Phi) is 5.38. The van der Waals surface area contributed by atoms with Gasteiger partial charge in [0.05, 0.1) is 17.6 Å². The topological polar surface area (TPSA) is 47.4 Å². The summed E-state index contributed by atoms with van der Waals surface area (Å²) in [6, 6.07) is 14.3. The number of rotatable bonds is 7. The first kappa shape index (κ1) is 19.2. The molecule has 0 spiro atoms. The number of likely N-dealkylation sites (tertiary alicyclic amines) is 1. The van der Waals surface area contributed by atoms with Crippen molar-refractivity contribution in [2.24, 2.45) is 0 Å². The van der Waals surface area contributed by atoms with E-state index in [0.717, 1.165) is 33.7 Å². The van der Waals surface area contributed by atoms with E-state index < -0.39 is 0 Å². The normalized spacial score (nSPS) is 16.6. The van der Waals surface area contributed by atoms with Gasteiger partial charge in [-0.1, -0.05) is 36.4 Å². The first-order chi connectivity index (χ1) is 14.1. The molecule has 3 aromatic rings. The van der Waals surface area contributed by atoms with E-state index in [1.165, 1.54) is 0 Å². The number of aryl methyl sites for hydroxylation is 2. The number of benzene rings is 2. The molecule has 1 aliphatic heterocycles. The van der Waals surface area contributed by atoms with E-state index in [-0.39, 0.29) is 11.8 Å². The van der Waals surface area contributed by atoms with Crippen molar-refractivity contribution in [1.82, 2.24) is 14.5 Å². The third-order valence-electron chi connectivity index (χ3n) is 5.58. The molecule has 0 aliphatic carbocycles. The maximum absolute atomic E-state index is 12.4. The monoisotopic (exact) mass is 389 g/mol. The molecule has 5 nitrogen and oxygen atoms in total. The van der Waals surface area contributed by atoms with Crippen LogP contribution in [0.2, 0.25) is 0 Å². The smallest absolute Gasteiger partial charge is 0.223 e. The highest BCUT2D eigenvalue weighted by Crippen LogP contribution is 2.30. The van der Waals surface area contributed by atoms with Crippen LogP contribution in [0.15, 0.2) is 55.1 Å². The van der Waals surface area contributed by atoms with Gasteiger partial charge in [0.1, 0.15) is 18.2 Å². The second kappa shape index (κ2) is 8.11. The summed E-state index contributed by atoms with van der Waals surface area (Å²) in [7, 11) is 0. The van der Waals surface area contributed by atoms with Crippen LogP contribution in [-0.4, -0.2) is 40.1 Å². The lowest BCUT2D eigenvalue weighted by atomic mass is 10.1. The van der Waals surface area contributed by atoms with Gasteiger partial charge in [-0.25, -0.2) is 4.98 Å². The van der Waals surface area contributed by atoms with Gasteiger partial charge >= 0.3 is 0 Å². The average molecular weight is 389 g/mol. The number of ether oxygens (including phenoxy) is 1. The predicted molar refractivity (Wildman–Crippen MR) is 115 cm³/mol. The van der Waals surface area contributed by atoms with Gasteiger partial charge in [0.25, 0.3) is 0 Å². The third-order valence-corrected chi connectivity index (χ3v) is 5.58. The fourth-order valence-corrected chi connectivity index (χ4v) is 4.18. The second-order valence-corrected chi connectivity index (χ2v) is 7.67. The third kappa shape index (κ3) is 3.77. The first-order valence-corrected chi connectivity index (χ1v) is 10.1. The van der Waals surface area contributed by atoms with Crippen molar-refractivity contribution in [2.45, 2.75) is 32.7 Å². The molecule has 0 radical (unpaired) electrons. The molecule has 0 bridgehead atoms. The maximum Gasteiger partial charge on any atom is 0.223 e. The number of carbonyl (C=O) groups is 1. The number of hydrogen-bond acceptors (Lipinski definition) is 3. The fourth-order valence-electron chi connectivity index (χ4n) is 4.18. The van der Waals surface area contributed by atoms with Gasteiger partial charge in [0, 0.05) is 25.4 Å². The van der Waals surface area contributed by atoms with Crippen LogP contribution < -0.4 is 4.74 Å². The van der Waals surface area contributed by atoms with Gasteiger partial charge in [0.15, 0.2) is 0 Å². The summed E-state index contributed by atoms with van der Waals surface area (Å²) in [5.74, 6) is 2.18. The Labute approximate surface area is 171 Å². The minimum atomic E-state index is 0.0926. The van der Waals surface area contributed by atoms with Crippen LogP contribution in [0.3, 0.4) is 0 Å². The van der Waals surface area contributed by atoms with E-state index in [1.807, 2.05) is 29.2 Å². The van der Waals surface area contributed by atoms with E-state index in [4.69, 9.17) is 9.72 Å². The lowest BCUT2D eigenvalue weighted by Gasteiger charge is -2.17. The van der Waals surface area contributed by atoms with Crippen molar-refractivity contribution in [1.29, 1.82) is 0 Å². The van der Waals surface area contributed by atoms with Crippen molar-refractivity contribution in [3.8, 4) is 5.75 Å². The number of imidazole rings is 1. The van der Waals surface area contributed by atoms with Crippen LogP contribution in [0.25, 0.3) is 11.0 Å². The number of aromatic nitrogens is 2. The molecular formula is C24H27N3O2. The van der Waals surface area contributed by atoms with Gasteiger partial charge < -0.3 is 14.2 Å². The number of para-hydroxylation sites is 3. The predicted octanol–water partition coefficient (Wildman–Crippen LogP) is 4.23. The zero-order valence-electron chi connectivity index (χ0n) is 17.1. The Morgan fingerprint density at radius 3 is 2.69 bits per heavy atom. The molecule has 1 aliphatic rings. The zero-order valence-corrected chi connectivity index (χ0v) is 17.1. The molecule has 1 saturated heterocycles. The Bertz CT molecular complexity index is 1030. The van der Waals surface area contributed by atoms with E-state index in [9.17, 15) is 4.79 Å². The highest BCUT2D eigenvalue weighted by Gasteiger charge is 2.33. The summed E-state index contributed by atoms with van der Waals surface area (Å²) in [6.07, 6.45) is 2.27. The molecule has 0 N–H and O–H groups in total. The lowest BCUT2D eigenvalue weighted by molar-refractivity contribution is -0.127. The van der Waals surface area contributed by atoms with Crippen molar-refractivity contribution >= 4 is 16.9 Å². The molecule has 4 rings (SSSR count). The summed E-state index contributed by atoms with van der Waals surface area (Å²) >= 11 is 0. The average Bonchev–Trinajstić information content (AvgIpc) is 3.25. The number of carbonyl (C=O) groups excluding carboxylic acids is 1. The molecule has 29 heavy (non-hydrogen) atoms. The second-order valence-electron chi connectivity index (χ2n) is 7.67. The molecule has 2 aromatic carbocycles. The Morgan fingerprint density at radius 2 is 1.93 bits per heavy atom. The summed E-state index contributed by atoms with van der Waals surface area (Å²) in [4.78, 5) is 19.1. The van der Waals surface area contributed by atoms with E-state index in [1.54, 1.807) is 6.08 Å². The van der Waals surface area contributed by atoms with Crippen molar-refractivity contribution < 1.29 is 9.53 Å². The minimum Gasteiger partial charge on any atom is -0.491 e. The summed E-state index contributed by atoms with van der Waals surface area (Å²) in [5, 5.41) is 0. The maximum atomic E-state index is 12.4. The van der Waals surface area contributed by atoms with Crippen molar-refractivity contribution in [2.75, 3.05) is 19.7 Å². The van der Waals surface area contributed by atoms with Gasteiger partial charge in [-0.05, 0) is 37.1 Å². The number of hydrogen-bond donors (Lipinski definition) is 0. The Morgan fingerprint density at radius 1 is 1.17 bits per heavy atom. The van der Waals surface area contributed by atoms with Crippen LogP contribution >= 0.6 is 0 Å².